The predicted octanol–water partition coefficient (Wildman–Crippen LogP) is 2.48. The third-order valence-electron chi connectivity index (χ3n) is 4.18. The summed E-state index contributed by atoms with van der Waals surface area (Å²) in [5.74, 6) is 0.231. The predicted molar refractivity (Wildman–Crippen MR) is 98.1 cm³/mol. The highest BCUT2D eigenvalue weighted by Crippen LogP contribution is 2.14. The zero-order chi connectivity index (χ0) is 16.1. The van der Waals surface area contributed by atoms with Crippen LogP contribution in [0.25, 0.3) is 0 Å². The van der Waals surface area contributed by atoms with E-state index in [-0.39, 0.29) is 24.4 Å². The molecule has 1 saturated heterocycles. The summed E-state index contributed by atoms with van der Waals surface area (Å²) in [6.07, 6.45) is 1.92. The van der Waals surface area contributed by atoms with E-state index < -0.39 is 0 Å². The number of rotatable bonds is 4. The molecule has 3 rings (SSSR count). The number of piperidine rings is 1. The van der Waals surface area contributed by atoms with Crippen molar-refractivity contribution in [3.05, 3.63) is 59.8 Å². The van der Waals surface area contributed by atoms with Crippen molar-refractivity contribution in [3.8, 4) is 0 Å². The Hall–Kier alpha value is -2.11. The maximum absolute atomic E-state index is 12.2. The number of nitrogens with one attached hydrogen (secondary N) is 1. The van der Waals surface area contributed by atoms with E-state index in [0.29, 0.717) is 11.5 Å². The van der Waals surface area contributed by atoms with Crippen LogP contribution in [0, 0.1) is 0 Å². The highest BCUT2D eigenvalue weighted by molar-refractivity contribution is 5.92. The van der Waals surface area contributed by atoms with E-state index in [4.69, 9.17) is 5.73 Å². The van der Waals surface area contributed by atoms with Crippen molar-refractivity contribution in [3.63, 3.8) is 0 Å². The van der Waals surface area contributed by atoms with Gasteiger partial charge >= 0.3 is 0 Å². The molecule has 1 aliphatic rings. The summed E-state index contributed by atoms with van der Waals surface area (Å²) in [5, 5.41) is 3.06. The van der Waals surface area contributed by atoms with E-state index >= 15 is 0 Å². The van der Waals surface area contributed by atoms with Crippen molar-refractivity contribution in [2.75, 3.05) is 18.8 Å². The van der Waals surface area contributed by atoms with Crippen LogP contribution in [0.2, 0.25) is 0 Å². The van der Waals surface area contributed by atoms with Crippen molar-refractivity contribution in [1.29, 1.82) is 0 Å². The summed E-state index contributed by atoms with van der Waals surface area (Å²) in [6.45, 7) is 2.95. The first-order valence-corrected chi connectivity index (χ1v) is 8.00. The fraction of sp³-hybridized carbons (Fsp3) is 0.333. The van der Waals surface area contributed by atoms with Gasteiger partial charge in [0.15, 0.2) is 0 Å². The smallest absolute Gasteiger partial charge is 0.270 e. The van der Waals surface area contributed by atoms with Crippen LogP contribution >= 0.6 is 12.4 Å². The highest BCUT2D eigenvalue weighted by Gasteiger charge is 2.21. The lowest BCUT2D eigenvalue weighted by molar-refractivity contribution is 0.0904. The molecular formula is C18H23ClN4O. The van der Waals surface area contributed by atoms with Crippen LogP contribution in [-0.2, 0) is 6.54 Å². The molecule has 1 aliphatic heterocycles. The fourth-order valence-corrected chi connectivity index (χ4v) is 2.91. The molecule has 1 fully saturated rings. The molecule has 1 amide bonds. The monoisotopic (exact) mass is 346 g/mol. The van der Waals surface area contributed by atoms with Crippen LogP contribution in [0.5, 0.6) is 0 Å². The van der Waals surface area contributed by atoms with Crippen molar-refractivity contribution in [2.45, 2.75) is 25.4 Å². The van der Waals surface area contributed by atoms with Gasteiger partial charge in [-0.05, 0) is 30.5 Å². The Bertz CT molecular complexity index is 657. The Morgan fingerprint density at radius 1 is 1.12 bits per heavy atom. The molecule has 0 radical (unpaired) electrons. The molecule has 0 bridgehead atoms. The lowest BCUT2D eigenvalue weighted by Crippen LogP contribution is -2.44. The normalized spacial score (nSPS) is 15.5. The summed E-state index contributed by atoms with van der Waals surface area (Å²) in [5.41, 5.74) is 7.34. The first-order chi connectivity index (χ1) is 11.2. The number of nitrogens with zero attached hydrogens (tertiary/aromatic N) is 2. The third-order valence-corrected chi connectivity index (χ3v) is 4.18. The number of carbonyl (C=O) groups excluding carboxylic acids is 1. The van der Waals surface area contributed by atoms with Gasteiger partial charge in [-0.3, -0.25) is 9.69 Å². The molecule has 5 nitrogen and oxygen atoms in total. The number of halogens is 1. The second-order valence-corrected chi connectivity index (χ2v) is 5.96. The third kappa shape index (κ3) is 4.94. The maximum Gasteiger partial charge on any atom is 0.270 e. The molecule has 1 aromatic heterocycles. The number of benzene rings is 1. The van der Waals surface area contributed by atoms with Crippen molar-refractivity contribution < 1.29 is 4.79 Å². The van der Waals surface area contributed by atoms with Gasteiger partial charge in [0.05, 0.1) is 0 Å². The zero-order valence-electron chi connectivity index (χ0n) is 13.5. The number of anilines is 1. The zero-order valence-corrected chi connectivity index (χ0v) is 14.3. The van der Waals surface area contributed by atoms with Crippen molar-refractivity contribution in [1.82, 2.24) is 15.2 Å². The number of hydrogen-bond acceptors (Lipinski definition) is 4. The van der Waals surface area contributed by atoms with Crippen LogP contribution in [0.15, 0.2) is 48.5 Å². The van der Waals surface area contributed by atoms with Crippen molar-refractivity contribution in [2.24, 2.45) is 0 Å². The molecular weight excluding hydrogens is 324 g/mol. The molecule has 2 aromatic rings. The highest BCUT2D eigenvalue weighted by atomic mass is 35.5. The molecule has 0 unspecified atom stereocenters. The molecule has 1 aromatic carbocycles. The van der Waals surface area contributed by atoms with Gasteiger partial charge in [-0.2, -0.15) is 0 Å². The van der Waals surface area contributed by atoms with E-state index in [1.165, 1.54) is 5.56 Å². The first-order valence-electron chi connectivity index (χ1n) is 8.00. The van der Waals surface area contributed by atoms with E-state index in [2.05, 4.69) is 39.5 Å². The molecule has 0 saturated carbocycles. The number of hydrogen-bond donors (Lipinski definition) is 2. The van der Waals surface area contributed by atoms with Crippen LogP contribution < -0.4 is 11.1 Å². The summed E-state index contributed by atoms with van der Waals surface area (Å²) >= 11 is 0. The number of amides is 1. The molecule has 0 aliphatic carbocycles. The quantitative estimate of drug-likeness (QED) is 0.892. The van der Waals surface area contributed by atoms with Crippen LogP contribution in [-0.4, -0.2) is 34.9 Å². The minimum Gasteiger partial charge on any atom is -0.384 e. The topological polar surface area (TPSA) is 71.2 Å². The SMILES string of the molecule is Cl.Nc1cccc(C(=O)NC2CCN(Cc3ccccc3)CC2)n1. The van der Waals surface area contributed by atoms with Gasteiger partial charge in [0.2, 0.25) is 0 Å². The van der Waals surface area contributed by atoms with E-state index in [1.54, 1.807) is 18.2 Å². The van der Waals surface area contributed by atoms with Gasteiger partial charge in [-0.1, -0.05) is 36.4 Å². The Morgan fingerprint density at radius 3 is 2.50 bits per heavy atom. The molecule has 0 atom stereocenters. The molecule has 6 heteroatoms. The van der Waals surface area contributed by atoms with E-state index in [1.807, 2.05) is 6.07 Å². The van der Waals surface area contributed by atoms with Crippen LogP contribution in [0.1, 0.15) is 28.9 Å². The van der Waals surface area contributed by atoms with E-state index in [9.17, 15) is 4.79 Å². The number of aromatic nitrogens is 1. The minimum absolute atomic E-state index is 0. The van der Waals surface area contributed by atoms with Gasteiger partial charge < -0.3 is 11.1 Å². The average molecular weight is 347 g/mol. The number of pyridine rings is 1. The van der Waals surface area contributed by atoms with Gasteiger partial charge in [0.25, 0.3) is 5.91 Å². The fourth-order valence-electron chi connectivity index (χ4n) is 2.91. The second-order valence-electron chi connectivity index (χ2n) is 5.96. The lowest BCUT2D eigenvalue weighted by atomic mass is 10.0. The largest absolute Gasteiger partial charge is 0.384 e. The van der Waals surface area contributed by atoms with Gasteiger partial charge in [0, 0.05) is 25.7 Å². The Kier molecular flexibility index (Phi) is 6.58. The first kappa shape index (κ1) is 18.2. The van der Waals surface area contributed by atoms with Crippen molar-refractivity contribution >= 4 is 24.1 Å². The summed E-state index contributed by atoms with van der Waals surface area (Å²) in [6, 6.07) is 15.8. The Balaban J connectivity index is 0.00000208. The number of likely N-dealkylation sites (tertiary alicyclic amines) is 1. The number of nitrogens with two attached hydrogens (primary N) is 1. The molecule has 0 spiro atoms. The standard InChI is InChI=1S/C18H22N4O.ClH/c19-17-8-4-7-16(21-17)18(23)20-15-9-11-22(12-10-15)13-14-5-2-1-3-6-14;/h1-8,15H,9-13H2,(H2,19,21)(H,20,23);1H. The summed E-state index contributed by atoms with van der Waals surface area (Å²) < 4.78 is 0. The van der Waals surface area contributed by atoms with Crippen LogP contribution in [0.4, 0.5) is 5.82 Å². The number of nitrogen functional groups attached to an aromatic ring is 1. The molecule has 128 valence electrons. The second kappa shape index (κ2) is 8.66. The van der Waals surface area contributed by atoms with E-state index in [0.717, 1.165) is 32.5 Å². The Morgan fingerprint density at radius 2 is 1.83 bits per heavy atom. The summed E-state index contributed by atoms with van der Waals surface area (Å²) in [7, 11) is 0. The van der Waals surface area contributed by atoms with Crippen LogP contribution in [0.3, 0.4) is 0 Å². The molecule has 2 heterocycles. The average Bonchev–Trinajstić information content (AvgIpc) is 2.57. The van der Waals surface area contributed by atoms with Gasteiger partial charge in [0.1, 0.15) is 11.5 Å². The van der Waals surface area contributed by atoms with Gasteiger partial charge in [-0.15, -0.1) is 12.4 Å². The Labute approximate surface area is 148 Å². The summed E-state index contributed by atoms with van der Waals surface area (Å²) in [4.78, 5) is 18.7. The maximum atomic E-state index is 12.2. The minimum atomic E-state index is -0.140. The number of carbonyl (C=O) groups is 1. The van der Waals surface area contributed by atoms with Gasteiger partial charge in [-0.25, -0.2) is 4.98 Å². The molecule has 3 N–H and O–H groups in total. The molecule has 24 heavy (non-hydrogen) atoms. The lowest BCUT2D eigenvalue weighted by Gasteiger charge is -2.32.